The van der Waals surface area contributed by atoms with Gasteiger partial charge in [0.2, 0.25) is 7.29 Å². The van der Waals surface area contributed by atoms with E-state index >= 15 is 4.57 Å². The second-order valence-corrected chi connectivity index (χ2v) is 20.2. The fourth-order valence-electron chi connectivity index (χ4n) is 7.19. The second-order valence-electron chi connectivity index (χ2n) is 12.7. The van der Waals surface area contributed by atoms with E-state index in [1.54, 1.807) is 0 Å². The predicted molar refractivity (Wildman–Crippen MR) is 211 cm³/mol. The minimum absolute atomic E-state index is 0.130. The maximum absolute atomic E-state index is 16.4. The van der Waals surface area contributed by atoms with Crippen molar-refractivity contribution in [3.05, 3.63) is 181 Å². The number of nitrogens with zero attached hydrogens (tertiary/aromatic N) is 1. The topological polar surface area (TPSA) is 20.3 Å². The zero-order chi connectivity index (χ0) is 32.9. The van der Waals surface area contributed by atoms with E-state index in [1.807, 2.05) is 0 Å². The summed E-state index contributed by atoms with van der Waals surface area (Å²) in [4.78, 5) is 0. The Morgan fingerprint density at radius 3 is 1.40 bits per heavy atom. The number of rotatable bonds is 10. The average molecular weight is 682 g/mol. The Morgan fingerprint density at radius 2 is 0.979 bits per heavy atom. The molecule has 0 bridgehead atoms. The first-order valence-corrected chi connectivity index (χ1v) is 21.4. The third-order valence-electron chi connectivity index (χ3n) is 9.39. The van der Waals surface area contributed by atoms with Gasteiger partial charge in [-0.3, -0.25) is 4.57 Å². The molecule has 2 atom stereocenters. The van der Waals surface area contributed by atoms with Gasteiger partial charge in [0.15, 0.2) is 0 Å². The molecular weight excluding hydrogens is 639 g/mol. The average Bonchev–Trinajstić information content (AvgIpc) is 3.55. The van der Waals surface area contributed by atoms with Crippen LogP contribution in [0, 0.1) is 13.8 Å². The smallest absolute Gasteiger partial charge is 0.207 e. The van der Waals surface area contributed by atoms with Crippen LogP contribution in [-0.2, 0) is 4.57 Å². The number of benzene rings is 6. The van der Waals surface area contributed by atoms with Gasteiger partial charge in [0.25, 0.3) is 0 Å². The van der Waals surface area contributed by atoms with Crippen LogP contribution in [0.4, 0.5) is 0 Å². The number of hydrogen-bond donors (Lipinski definition) is 0. The third kappa shape index (κ3) is 6.92. The lowest BCUT2D eigenvalue weighted by Crippen LogP contribution is -2.38. The highest BCUT2D eigenvalue weighted by Gasteiger charge is 2.47. The monoisotopic (exact) mass is 681 g/mol. The Kier molecular flexibility index (Phi) is 10.2. The highest BCUT2D eigenvalue weighted by Crippen LogP contribution is 2.58. The molecule has 240 valence electrons. The van der Waals surface area contributed by atoms with Gasteiger partial charge in [-0.05, 0) is 87.8 Å². The Morgan fingerprint density at radius 1 is 0.562 bits per heavy atom. The van der Waals surface area contributed by atoms with Crippen LogP contribution in [-0.4, -0.2) is 29.1 Å². The minimum atomic E-state index is -3.23. The summed E-state index contributed by atoms with van der Waals surface area (Å²) in [6.07, 6.45) is 1.95. The fraction of sp³-hybridized carbons (Fsp3) is 0.163. The number of aryl methyl sites for hydroxylation is 2. The Hall–Kier alpha value is -3.63. The van der Waals surface area contributed by atoms with Crippen LogP contribution in [0.1, 0.15) is 17.5 Å². The molecule has 0 N–H and O–H groups in total. The van der Waals surface area contributed by atoms with Crippen molar-refractivity contribution in [2.45, 2.75) is 32.0 Å². The van der Waals surface area contributed by atoms with Gasteiger partial charge >= 0.3 is 0 Å². The van der Waals surface area contributed by atoms with Crippen LogP contribution in [0.15, 0.2) is 170 Å². The molecule has 1 fully saturated rings. The lowest BCUT2D eigenvalue weighted by atomic mass is 10.2. The predicted octanol–water partition coefficient (Wildman–Crippen LogP) is 8.24. The quantitative estimate of drug-likeness (QED) is 0.136. The molecule has 1 heterocycles. The molecular formula is C43H42NOP3. The van der Waals surface area contributed by atoms with Crippen LogP contribution >= 0.6 is 23.1 Å². The molecule has 0 unspecified atom stereocenters. The Balaban J connectivity index is 1.40. The van der Waals surface area contributed by atoms with Crippen molar-refractivity contribution in [3.63, 3.8) is 0 Å². The molecule has 48 heavy (non-hydrogen) atoms. The molecule has 0 aromatic heterocycles. The molecule has 1 aliphatic heterocycles. The first-order valence-electron chi connectivity index (χ1n) is 16.8. The maximum atomic E-state index is 16.4. The van der Waals surface area contributed by atoms with Gasteiger partial charge < -0.3 is 0 Å². The lowest BCUT2D eigenvalue weighted by molar-refractivity contribution is 0.422. The van der Waals surface area contributed by atoms with Crippen LogP contribution in [0.25, 0.3) is 0 Å². The maximum Gasteiger partial charge on any atom is 0.207 e. The minimum Gasteiger partial charge on any atom is -0.296 e. The molecule has 7 rings (SSSR count). The summed E-state index contributed by atoms with van der Waals surface area (Å²) in [5.41, 5.74) is 2.62. The van der Waals surface area contributed by atoms with Crippen LogP contribution in [0.5, 0.6) is 0 Å². The molecule has 1 aliphatic rings. The van der Waals surface area contributed by atoms with E-state index in [1.165, 1.54) is 21.2 Å². The zero-order valence-electron chi connectivity index (χ0n) is 27.6. The molecule has 0 saturated carbocycles. The van der Waals surface area contributed by atoms with Gasteiger partial charge in [0.1, 0.15) is 0 Å². The summed E-state index contributed by atoms with van der Waals surface area (Å²) in [6, 6.07) is 61.2. The first-order chi connectivity index (χ1) is 23.5. The van der Waals surface area contributed by atoms with Gasteiger partial charge in [-0.15, -0.1) is 0 Å². The summed E-state index contributed by atoms with van der Waals surface area (Å²) in [7, 11) is -4.61. The summed E-state index contributed by atoms with van der Waals surface area (Å²) in [6.45, 7) is 5.01. The van der Waals surface area contributed by atoms with E-state index in [4.69, 9.17) is 0 Å². The highest BCUT2D eigenvalue weighted by atomic mass is 31.2. The van der Waals surface area contributed by atoms with Crippen molar-refractivity contribution in [2.24, 2.45) is 0 Å². The van der Waals surface area contributed by atoms with Crippen molar-refractivity contribution in [1.82, 2.24) is 4.67 Å². The van der Waals surface area contributed by atoms with E-state index in [2.05, 4.69) is 188 Å². The summed E-state index contributed by atoms with van der Waals surface area (Å²) in [5.74, 6) is 0. The molecule has 0 spiro atoms. The second kappa shape index (κ2) is 14.9. The van der Waals surface area contributed by atoms with Crippen molar-refractivity contribution >= 4 is 55.0 Å². The SMILES string of the molecule is Cc1cccc(P(=O)(c2cccc(C)c2)N2C[C@@H](P(c3ccccc3)c3ccccc3)C[C@H]2CP(c2ccccc2)c2ccccc2)c1. The molecule has 5 heteroatoms. The van der Waals surface area contributed by atoms with Crippen molar-refractivity contribution in [2.75, 3.05) is 12.7 Å². The molecule has 0 radical (unpaired) electrons. The molecule has 2 nitrogen and oxygen atoms in total. The van der Waals surface area contributed by atoms with Crippen molar-refractivity contribution in [1.29, 1.82) is 0 Å². The van der Waals surface area contributed by atoms with E-state index in [0.29, 0.717) is 5.66 Å². The summed E-state index contributed by atoms with van der Waals surface area (Å²) in [5, 5.41) is 7.39. The van der Waals surface area contributed by atoms with Crippen molar-refractivity contribution in [3.8, 4) is 0 Å². The molecule has 0 aliphatic carbocycles. The highest BCUT2D eigenvalue weighted by molar-refractivity contribution is 7.77. The van der Waals surface area contributed by atoms with Crippen LogP contribution in [0.2, 0.25) is 0 Å². The third-order valence-corrected chi connectivity index (χ3v) is 18.0. The van der Waals surface area contributed by atoms with E-state index in [0.717, 1.165) is 40.9 Å². The molecule has 6 aromatic carbocycles. The van der Waals surface area contributed by atoms with Crippen LogP contribution < -0.4 is 31.8 Å². The Bertz CT molecular complexity index is 1860. The van der Waals surface area contributed by atoms with Crippen LogP contribution in [0.3, 0.4) is 0 Å². The van der Waals surface area contributed by atoms with E-state index in [-0.39, 0.29) is 6.04 Å². The van der Waals surface area contributed by atoms with E-state index in [9.17, 15) is 0 Å². The summed E-state index contributed by atoms with van der Waals surface area (Å²) >= 11 is 0. The van der Waals surface area contributed by atoms with E-state index < -0.39 is 23.1 Å². The summed E-state index contributed by atoms with van der Waals surface area (Å²) < 4.78 is 18.9. The largest absolute Gasteiger partial charge is 0.296 e. The standard InChI is InChI=1S/C43H42NOP3/c1-34-17-15-27-42(29-34)48(45,43-28-16-18-35(2)30-43)44-32-41(47(39-23-11-5-12-24-39)40-25-13-6-14-26-40)31-36(44)33-46(37-19-7-3-8-20-37)38-21-9-4-10-22-38/h3-30,36,41H,31-33H2,1-2H3/t36-,41-/m0/s1. The van der Waals surface area contributed by atoms with Gasteiger partial charge in [-0.1, -0.05) is 157 Å². The molecule has 1 saturated heterocycles. The molecule has 0 amide bonds. The lowest BCUT2D eigenvalue weighted by Gasteiger charge is -2.36. The zero-order valence-corrected chi connectivity index (χ0v) is 30.3. The Labute approximate surface area is 288 Å². The van der Waals surface area contributed by atoms with Gasteiger partial charge in [-0.25, -0.2) is 4.67 Å². The fourth-order valence-corrected chi connectivity index (χ4v) is 16.2. The molecule has 6 aromatic rings. The van der Waals surface area contributed by atoms with Gasteiger partial charge in [0.05, 0.1) is 0 Å². The first kappa shape index (κ1) is 32.9. The van der Waals surface area contributed by atoms with Gasteiger partial charge in [0, 0.05) is 28.9 Å². The van der Waals surface area contributed by atoms with Crippen molar-refractivity contribution < 1.29 is 4.57 Å². The normalized spacial score (nSPS) is 16.8. The number of hydrogen-bond acceptors (Lipinski definition) is 1. The van der Waals surface area contributed by atoms with Gasteiger partial charge in [-0.2, -0.15) is 0 Å².